The summed E-state index contributed by atoms with van der Waals surface area (Å²) in [7, 11) is 0. The molecule has 1 rings (SSSR count). The standard InChI is InChI=1S/C17H27NO3/c1-3-5-9-15(7-4-2)18-11-12-21-16-10-6-8-14(13-16)17(19)20/h6,8,10,13,15,18H,3-5,7,9,11-12H2,1-2H3,(H,19,20). The van der Waals surface area contributed by atoms with E-state index in [2.05, 4.69) is 19.2 Å². The number of hydrogen-bond donors (Lipinski definition) is 2. The lowest BCUT2D eigenvalue weighted by Crippen LogP contribution is -2.32. The lowest BCUT2D eigenvalue weighted by molar-refractivity contribution is 0.0696. The molecule has 0 amide bonds. The SMILES string of the molecule is CCCCC(CCC)NCCOc1cccc(C(=O)O)c1. The van der Waals surface area contributed by atoms with Crippen LogP contribution in [-0.2, 0) is 0 Å². The molecule has 118 valence electrons. The minimum atomic E-state index is -0.929. The van der Waals surface area contributed by atoms with Crippen molar-refractivity contribution in [2.45, 2.75) is 52.0 Å². The maximum atomic E-state index is 10.9. The van der Waals surface area contributed by atoms with E-state index in [0.717, 1.165) is 6.54 Å². The third-order valence-corrected chi connectivity index (χ3v) is 3.43. The van der Waals surface area contributed by atoms with E-state index in [0.29, 0.717) is 18.4 Å². The van der Waals surface area contributed by atoms with Crippen molar-refractivity contribution in [3.05, 3.63) is 29.8 Å². The van der Waals surface area contributed by atoms with Crippen LogP contribution >= 0.6 is 0 Å². The van der Waals surface area contributed by atoms with Gasteiger partial charge < -0.3 is 15.2 Å². The van der Waals surface area contributed by atoms with E-state index in [1.807, 2.05) is 0 Å². The van der Waals surface area contributed by atoms with Crippen LogP contribution in [0, 0.1) is 0 Å². The third-order valence-electron chi connectivity index (χ3n) is 3.43. The Morgan fingerprint density at radius 1 is 1.29 bits per heavy atom. The number of carboxylic acids is 1. The number of unbranched alkanes of at least 4 members (excludes halogenated alkanes) is 1. The van der Waals surface area contributed by atoms with Crippen molar-refractivity contribution < 1.29 is 14.6 Å². The van der Waals surface area contributed by atoms with Crippen molar-refractivity contribution in [1.29, 1.82) is 0 Å². The Morgan fingerprint density at radius 2 is 2.10 bits per heavy atom. The molecule has 0 aliphatic carbocycles. The molecule has 4 heteroatoms. The summed E-state index contributed by atoms with van der Waals surface area (Å²) in [5.41, 5.74) is 0.257. The Labute approximate surface area is 127 Å². The molecular weight excluding hydrogens is 266 g/mol. The van der Waals surface area contributed by atoms with Gasteiger partial charge in [-0.25, -0.2) is 4.79 Å². The van der Waals surface area contributed by atoms with Crippen LogP contribution in [0.15, 0.2) is 24.3 Å². The molecule has 4 nitrogen and oxygen atoms in total. The van der Waals surface area contributed by atoms with E-state index < -0.39 is 5.97 Å². The smallest absolute Gasteiger partial charge is 0.335 e. The summed E-state index contributed by atoms with van der Waals surface area (Å²) < 4.78 is 5.60. The first kappa shape index (κ1) is 17.5. The predicted molar refractivity (Wildman–Crippen MR) is 85.1 cm³/mol. The highest BCUT2D eigenvalue weighted by atomic mass is 16.5. The van der Waals surface area contributed by atoms with Gasteiger partial charge in [0.25, 0.3) is 0 Å². The van der Waals surface area contributed by atoms with Crippen molar-refractivity contribution >= 4 is 5.97 Å². The second kappa shape index (κ2) is 10.2. The summed E-state index contributed by atoms with van der Waals surface area (Å²) in [6.07, 6.45) is 6.05. The molecule has 0 heterocycles. The first-order valence-electron chi connectivity index (χ1n) is 7.86. The fraction of sp³-hybridized carbons (Fsp3) is 0.588. The largest absolute Gasteiger partial charge is 0.492 e. The first-order valence-corrected chi connectivity index (χ1v) is 7.86. The number of aromatic carboxylic acids is 1. The normalized spacial score (nSPS) is 12.1. The maximum Gasteiger partial charge on any atom is 0.335 e. The number of nitrogens with one attached hydrogen (secondary N) is 1. The van der Waals surface area contributed by atoms with Crippen LogP contribution < -0.4 is 10.1 Å². The van der Waals surface area contributed by atoms with Crippen LogP contribution in [-0.4, -0.2) is 30.3 Å². The van der Waals surface area contributed by atoms with Crippen molar-refractivity contribution in [2.75, 3.05) is 13.2 Å². The second-order valence-electron chi connectivity index (χ2n) is 5.26. The Balaban J connectivity index is 2.31. The van der Waals surface area contributed by atoms with E-state index in [-0.39, 0.29) is 5.56 Å². The second-order valence-corrected chi connectivity index (χ2v) is 5.26. The van der Waals surface area contributed by atoms with Crippen molar-refractivity contribution in [2.24, 2.45) is 0 Å². The van der Waals surface area contributed by atoms with Gasteiger partial charge in [-0.15, -0.1) is 0 Å². The molecule has 0 fully saturated rings. The fourth-order valence-corrected chi connectivity index (χ4v) is 2.30. The highest BCUT2D eigenvalue weighted by Crippen LogP contribution is 2.13. The summed E-state index contributed by atoms with van der Waals surface area (Å²) in [5.74, 6) is -0.321. The van der Waals surface area contributed by atoms with Crippen LogP contribution in [0.2, 0.25) is 0 Å². The van der Waals surface area contributed by atoms with Gasteiger partial charge in [-0.1, -0.05) is 39.2 Å². The molecule has 0 saturated carbocycles. The number of rotatable bonds is 11. The molecule has 21 heavy (non-hydrogen) atoms. The molecule has 0 aliphatic rings. The van der Waals surface area contributed by atoms with Crippen LogP contribution in [0.25, 0.3) is 0 Å². The zero-order valence-electron chi connectivity index (χ0n) is 13.1. The summed E-state index contributed by atoms with van der Waals surface area (Å²) in [6, 6.07) is 7.17. The topological polar surface area (TPSA) is 58.6 Å². The van der Waals surface area contributed by atoms with E-state index >= 15 is 0 Å². The van der Waals surface area contributed by atoms with Gasteiger partial charge in [-0.05, 0) is 31.0 Å². The molecule has 0 radical (unpaired) electrons. The number of benzene rings is 1. The summed E-state index contributed by atoms with van der Waals surface area (Å²) in [5, 5.41) is 12.4. The summed E-state index contributed by atoms with van der Waals surface area (Å²) in [6.45, 7) is 5.75. The average Bonchev–Trinajstić information content (AvgIpc) is 2.49. The van der Waals surface area contributed by atoms with Crippen LogP contribution in [0.5, 0.6) is 5.75 Å². The minimum Gasteiger partial charge on any atom is -0.492 e. The lowest BCUT2D eigenvalue weighted by atomic mass is 10.1. The highest BCUT2D eigenvalue weighted by molar-refractivity contribution is 5.87. The van der Waals surface area contributed by atoms with Gasteiger partial charge in [0.1, 0.15) is 12.4 Å². The van der Waals surface area contributed by atoms with Crippen LogP contribution in [0.1, 0.15) is 56.3 Å². The molecule has 0 spiro atoms. The van der Waals surface area contributed by atoms with Crippen molar-refractivity contribution in [1.82, 2.24) is 5.32 Å². The van der Waals surface area contributed by atoms with Gasteiger partial charge in [-0.3, -0.25) is 0 Å². The zero-order valence-corrected chi connectivity index (χ0v) is 13.1. The molecule has 0 aliphatic heterocycles. The van der Waals surface area contributed by atoms with Crippen molar-refractivity contribution in [3.63, 3.8) is 0 Å². The summed E-state index contributed by atoms with van der Waals surface area (Å²) >= 11 is 0. The summed E-state index contributed by atoms with van der Waals surface area (Å²) in [4.78, 5) is 10.9. The number of carbonyl (C=O) groups is 1. The Kier molecular flexibility index (Phi) is 8.51. The maximum absolute atomic E-state index is 10.9. The lowest BCUT2D eigenvalue weighted by Gasteiger charge is -2.18. The van der Waals surface area contributed by atoms with E-state index in [4.69, 9.17) is 9.84 Å². The van der Waals surface area contributed by atoms with E-state index in [1.54, 1.807) is 24.3 Å². The number of carboxylic acid groups (broad SMARTS) is 1. The van der Waals surface area contributed by atoms with Gasteiger partial charge in [0.2, 0.25) is 0 Å². The van der Waals surface area contributed by atoms with Gasteiger partial charge >= 0.3 is 5.97 Å². The van der Waals surface area contributed by atoms with Crippen LogP contribution in [0.4, 0.5) is 0 Å². The Morgan fingerprint density at radius 3 is 2.76 bits per heavy atom. The minimum absolute atomic E-state index is 0.257. The zero-order chi connectivity index (χ0) is 15.5. The van der Waals surface area contributed by atoms with Crippen molar-refractivity contribution in [3.8, 4) is 5.75 Å². The van der Waals surface area contributed by atoms with Gasteiger partial charge in [0, 0.05) is 12.6 Å². The molecule has 1 aromatic carbocycles. The first-order chi connectivity index (χ1) is 10.2. The monoisotopic (exact) mass is 293 g/mol. The molecule has 1 unspecified atom stereocenters. The predicted octanol–water partition coefficient (Wildman–Crippen LogP) is 3.71. The van der Waals surface area contributed by atoms with E-state index in [9.17, 15) is 4.79 Å². The molecule has 1 aromatic rings. The number of ether oxygens (including phenoxy) is 1. The molecule has 0 saturated heterocycles. The fourth-order valence-electron chi connectivity index (χ4n) is 2.30. The van der Waals surface area contributed by atoms with Gasteiger partial charge in [0.05, 0.1) is 5.56 Å². The molecule has 0 aromatic heterocycles. The quantitative estimate of drug-likeness (QED) is 0.611. The molecule has 0 bridgehead atoms. The van der Waals surface area contributed by atoms with Crippen LogP contribution in [0.3, 0.4) is 0 Å². The highest BCUT2D eigenvalue weighted by Gasteiger charge is 2.07. The third kappa shape index (κ3) is 7.14. The average molecular weight is 293 g/mol. The molecular formula is C17H27NO3. The Bertz CT molecular complexity index is 420. The van der Waals surface area contributed by atoms with Gasteiger partial charge in [0.15, 0.2) is 0 Å². The van der Waals surface area contributed by atoms with Gasteiger partial charge in [-0.2, -0.15) is 0 Å². The molecule has 1 atom stereocenters. The molecule has 2 N–H and O–H groups in total. The van der Waals surface area contributed by atoms with E-state index in [1.165, 1.54) is 32.1 Å². The number of hydrogen-bond acceptors (Lipinski definition) is 3. The Hall–Kier alpha value is -1.55.